The fourth-order valence-corrected chi connectivity index (χ4v) is 4.41. The van der Waals surface area contributed by atoms with Gasteiger partial charge in [0.1, 0.15) is 11.6 Å². The van der Waals surface area contributed by atoms with Crippen molar-refractivity contribution in [1.82, 2.24) is 13.9 Å². The molecule has 0 unspecified atom stereocenters. The highest BCUT2D eigenvalue weighted by Gasteiger charge is 2.20. The first-order chi connectivity index (χ1) is 15.1. The lowest BCUT2D eigenvalue weighted by Crippen LogP contribution is -2.22. The number of hydrogen-bond donors (Lipinski definition) is 1. The first-order valence-electron chi connectivity index (χ1n) is 10.3. The van der Waals surface area contributed by atoms with Crippen molar-refractivity contribution >= 4 is 44.3 Å². The number of rotatable bonds is 9. The zero-order valence-electron chi connectivity index (χ0n) is 18.2. The summed E-state index contributed by atoms with van der Waals surface area (Å²) in [5.41, 5.74) is 1.82. The molecule has 0 aliphatic heterocycles. The van der Waals surface area contributed by atoms with Gasteiger partial charge in [-0.3, -0.25) is 4.79 Å². The molecule has 0 bridgehead atoms. The highest BCUT2D eigenvalue weighted by molar-refractivity contribution is 7.89. The smallest absolute Gasteiger partial charge is 0.242 e. The number of nitrogens with zero attached hydrogens (tertiary/aromatic N) is 3. The van der Waals surface area contributed by atoms with E-state index in [9.17, 15) is 17.6 Å². The van der Waals surface area contributed by atoms with E-state index in [-0.39, 0.29) is 22.2 Å². The van der Waals surface area contributed by atoms with Crippen LogP contribution in [0, 0.1) is 5.82 Å². The minimum absolute atomic E-state index is 0.0624. The molecule has 7 nitrogen and oxygen atoms in total. The predicted octanol–water partition coefficient (Wildman–Crippen LogP) is 4.45. The molecule has 1 heterocycles. The Bertz CT molecular complexity index is 1240. The van der Waals surface area contributed by atoms with E-state index in [4.69, 9.17) is 11.6 Å². The minimum atomic E-state index is -3.57. The van der Waals surface area contributed by atoms with Crippen LogP contribution in [0.1, 0.15) is 32.0 Å². The number of fused-ring (bicyclic) bond motifs is 1. The zero-order chi connectivity index (χ0) is 23.5. The van der Waals surface area contributed by atoms with E-state index < -0.39 is 15.8 Å². The molecule has 2 aromatic carbocycles. The summed E-state index contributed by atoms with van der Waals surface area (Å²) in [7, 11) is -0.606. The van der Waals surface area contributed by atoms with Crippen LogP contribution in [0.2, 0.25) is 5.02 Å². The molecule has 0 aliphatic carbocycles. The number of amides is 1. The summed E-state index contributed by atoms with van der Waals surface area (Å²) in [6.45, 7) is 2.80. The molecule has 0 saturated heterocycles. The Morgan fingerprint density at radius 3 is 2.62 bits per heavy atom. The van der Waals surface area contributed by atoms with Crippen LogP contribution in [-0.4, -0.2) is 42.3 Å². The third-order valence-electron chi connectivity index (χ3n) is 5.09. The number of hydrogen-bond acceptors (Lipinski definition) is 4. The monoisotopic (exact) mass is 480 g/mol. The summed E-state index contributed by atoms with van der Waals surface area (Å²) in [5.74, 6) is -0.0947. The fourth-order valence-electron chi connectivity index (χ4n) is 3.31. The average molecular weight is 481 g/mol. The summed E-state index contributed by atoms with van der Waals surface area (Å²) in [4.78, 5) is 17.2. The fraction of sp³-hybridized carbons (Fsp3) is 0.364. The van der Waals surface area contributed by atoms with Gasteiger partial charge in [0.2, 0.25) is 15.9 Å². The molecule has 0 atom stereocenters. The van der Waals surface area contributed by atoms with Gasteiger partial charge in [0.25, 0.3) is 0 Å². The maximum absolute atomic E-state index is 13.3. The van der Waals surface area contributed by atoms with Gasteiger partial charge in [0.05, 0.1) is 21.0 Å². The normalized spacial score (nSPS) is 11.9. The van der Waals surface area contributed by atoms with Crippen LogP contribution >= 0.6 is 11.6 Å². The topological polar surface area (TPSA) is 84.3 Å². The first-order valence-corrected chi connectivity index (χ1v) is 12.1. The van der Waals surface area contributed by atoms with Crippen LogP contribution in [0.3, 0.4) is 0 Å². The Labute approximate surface area is 192 Å². The van der Waals surface area contributed by atoms with E-state index in [1.807, 2.05) is 4.57 Å². The van der Waals surface area contributed by atoms with Crippen LogP contribution in [0.25, 0.3) is 11.0 Å². The second kappa shape index (κ2) is 9.97. The van der Waals surface area contributed by atoms with Gasteiger partial charge in [-0.05, 0) is 42.8 Å². The van der Waals surface area contributed by atoms with Gasteiger partial charge in [0, 0.05) is 39.2 Å². The first kappa shape index (κ1) is 24.2. The Kier molecular flexibility index (Phi) is 7.53. The molecule has 1 amide bonds. The number of imidazole rings is 1. The molecule has 32 heavy (non-hydrogen) atoms. The van der Waals surface area contributed by atoms with E-state index in [0.29, 0.717) is 23.4 Å². The van der Waals surface area contributed by atoms with Gasteiger partial charge >= 0.3 is 0 Å². The number of aromatic nitrogens is 2. The number of benzene rings is 2. The molecule has 0 fully saturated rings. The highest BCUT2D eigenvalue weighted by Crippen LogP contribution is 2.24. The molecule has 10 heteroatoms. The summed E-state index contributed by atoms with van der Waals surface area (Å²) < 4.78 is 41.5. The lowest BCUT2D eigenvalue weighted by molar-refractivity contribution is -0.116. The molecule has 0 spiro atoms. The van der Waals surface area contributed by atoms with Crippen LogP contribution in [0.4, 0.5) is 10.1 Å². The summed E-state index contributed by atoms with van der Waals surface area (Å²) >= 11 is 5.76. The molecule has 0 radical (unpaired) electrons. The third kappa shape index (κ3) is 5.28. The lowest BCUT2D eigenvalue weighted by Gasteiger charge is -2.11. The van der Waals surface area contributed by atoms with E-state index >= 15 is 0 Å². The van der Waals surface area contributed by atoms with Gasteiger partial charge < -0.3 is 9.88 Å². The Balaban J connectivity index is 1.83. The van der Waals surface area contributed by atoms with E-state index in [1.54, 1.807) is 18.2 Å². The quantitative estimate of drug-likeness (QED) is 0.490. The number of halogens is 2. The van der Waals surface area contributed by atoms with Crippen molar-refractivity contribution in [3.8, 4) is 0 Å². The van der Waals surface area contributed by atoms with Gasteiger partial charge in [-0.2, -0.15) is 0 Å². The maximum atomic E-state index is 13.3. The molecule has 3 aromatic rings. The standard InChI is InChI=1S/C22H26ClFN4O3S/c1-4-5-12-28-20-9-7-16(32(30,31)27(2)3)14-19(20)26-21(28)10-11-22(29)25-15-6-8-18(24)17(23)13-15/h6-9,13-14H,4-5,10-12H2,1-3H3,(H,25,29). The predicted molar refractivity (Wildman–Crippen MR) is 124 cm³/mol. The number of carbonyl (C=O) groups excluding carboxylic acids is 1. The Morgan fingerprint density at radius 2 is 1.97 bits per heavy atom. The maximum Gasteiger partial charge on any atom is 0.242 e. The summed E-state index contributed by atoms with van der Waals surface area (Å²) in [6.07, 6.45) is 2.44. The van der Waals surface area contributed by atoms with Gasteiger partial charge in [0.15, 0.2) is 0 Å². The lowest BCUT2D eigenvalue weighted by atomic mass is 10.2. The Morgan fingerprint density at radius 1 is 1.22 bits per heavy atom. The van der Waals surface area contributed by atoms with Crippen molar-refractivity contribution in [2.45, 2.75) is 44.0 Å². The van der Waals surface area contributed by atoms with Crippen LogP contribution in [-0.2, 0) is 27.8 Å². The molecule has 1 aromatic heterocycles. The van der Waals surface area contributed by atoms with Crippen molar-refractivity contribution in [1.29, 1.82) is 0 Å². The molecular formula is C22H26ClFN4O3S. The number of nitrogens with one attached hydrogen (secondary N) is 1. The second-order valence-corrected chi connectivity index (χ2v) is 10.2. The zero-order valence-corrected chi connectivity index (χ0v) is 19.8. The van der Waals surface area contributed by atoms with E-state index in [0.717, 1.165) is 29.2 Å². The SMILES string of the molecule is CCCCn1c(CCC(=O)Nc2ccc(F)c(Cl)c2)nc2cc(S(=O)(=O)N(C)C)ccc21. The average Bonchev–Trinajstić information content (AvgIpc) is 3.09. The van der Waals surface area contributed by atoms with Crippen molar-refractivity contribution in [3.63, 3.8) is 0 Å². The molecule has 0 aliphatic rings. The number of anilines is 1. The van der Waals surface area contributed by atoms with Crippen LogP contribution in [0.5, 0.6) is 0 Å². The van der Waals surface area contributed by atoms with Crippen LogP contribution in [0.15, 0.2) is 41.3 Å². The van der Waals surface area contributed by atoms with Gasteiger partial charge in [-0.25, -0.2) is 22.1 Å². The van der Waals surface area contributed by atoms with Gasteiger partial charge in [-0.15, -0.1) is 0 Å². The molecule has 0 saturated carbocycles. The molecule has 172 valence electrons. The Hall–Kier alpha value is -2.49. The minimum Gasteiger partial charge on any atom is -0.328 e. The molecular weight excluding hydrogens is 455 g/mol. The van der Waals surface area contributed by atoms with Crippen molar-refractivity contribution in [2.24, 2.45) is 0 Å². The summed E-state index contributed by atoms with van der Waals surface area (Å²) in [5, 5.41) is 2.64. The van der Waals surface area contributed by atoms with Crippen LogP contribution < -0.4 is 5.32 Å². The van der Waals surface area contributed by atoms with Crippen molar-refractivity contribution in [2.75, 3.05) is 19.4 Å². The van der Waals surface area contributed by atoms with Crippen molar-refractivity contribution < 1.29 is 17.6 Å². The number of aryl methyl sites for hydroxylation is 2. The summed E-state index contributed by atoms with van der Waals surface area (Å²) in [6, 6.07) is 8.91. The van der Waals surface area contributed by atoms with Gasteiger partial charge in [-0.1, -0.05) is 24.9 Å². The van der Waals surface area contributed by atoms with E-state index in [2.05, 4.69) is 17.2 Å². The molecule has 3 rings (SSSR count). The number of carbonyl (C=O) groups is 1. The number of sulfonamides is 1. The largest absolute Gasteiger partial charge is 0.328 e. The number of unbranched alkanes of at least 4 members (excludes halogenated alkanes) is 1. The third-order valence-corrected chi connectivity index (χ3v) is 7.19. The van der Waals surface area contributed by atoms with Crippen molar-refractivity contribution in [3.05, 3.63) is 53.1 Å². The highest BCUT2D eigenvalue weighted by atomic mass is 35.5. The van der Waals surface area contributed by atoms with E-state index in [1.165, 1.54) is 32.3 Å². The second-order valence-electron chi connectivity index (χ2n) is 7.65. The molecule has 1 N–H and O–H groups in total.